The van der Waals surface area contributed by atoms with Crippen LogP contribution in [-0.2, 0) is 10.0 Å². The minimum atomic E-state index is -3.46. The first-order valence-corrected chi connectivity index (χ1v) is 7.84. The quantitative estimate of drug-likeness (QED) is 0.895. The molecule has 7 heteroatoms. The summed E-state index contributed by atoms with van der Waals surface area (Å²) in [7, 11) is -3.46. The van der Waals surface area contributed by atoms with Crippen LogP contribution < -0.4 is 10.0 Å². The van der Waals surface area contributed by atoms with E-state index in [1.54, 1.807) is 25.1 Å². The number of nitrogens with one attached hydrogen (secondary N) is 2. The molecule has 1 aliphatic heterocycles. The lowest BCUT2D eigenvalue weighted by Crippen LogP contribution is -2.45. The van der Waals surface area contributed by atoms with Gasteiger partial charge in [-0.25, -0.2) is 13.1 Å². The molecule has 1 fully saturated rings. The summed E-state index contributed by atoms with van der Waals surface area (Å²) >= 11 is 5.83. The van der Waals surface area contributed by atoms with E-state index in [1.165, 1.54) is 0 Å². The molecule has 0 aromatic heterocycles. The maximum Gasteiger partial charge on any atom is 0.241 e. The van der Waals surface area contributed by atoms with E-state index < -0.39 is 10.0 Å². The number of aryl methyl sites for hydroxylation is 1. The molecule has 4 nitrogen and oxygen atoms in total. The van der Waals surface area contributed by atoms with E-state index in [2.05, 4.69) is 10.0 Å². The lowest BCUT2D eigenvalue weighted by atomic mass is 10.1. The summed E-state index contributed by atoms with van der Waals surface area (Å²) in [5.74, 6) is 0. The van der Waals surface area contributed by atoms with Crippen molar-refractivity contribution >= 4 is 34.0 Å². The highest BCUT2D eigenvalue weighted by atomic mass is 35.5. The van der Waals surface area contributed by atoms with Crippen molar-refractivity contribution in [3.8, 4) is 0 Å². The molecule has 0 unspecified atom stereocenters. The first kappa shape index (κ1) is 16.7. The molecule has 1 saturated heterocycles. The maximum atomic E-state index is 12.3. The van der Waals surface area contributed by atoms with Crippen LogP contribution >= 0.6 is 24.0 Å². The molecular formula is C12H18Cl2N2O2S. The highest BCUT2D eigenvalue weighted by Gasteiger charge is 2.22. The van der Waals surface area contributed by atoms with Gasteiger partial charge in [0.15, 0.2) is 0 Å². The van der Waals surface area contributed by atoms with Crippen molar-refractivity contribution in [2.75, 3.05) is 13.1 Å². The van der Waals surface area contributed by atoms with E-state index in [0.29, 0.717) is 22.0 Å². The molecule has 1 aromatic rings. The van der Waals surface area contributed by atoms with Crippen LogP contribution in [0.4, 0.5) is 0 Å². The molecule has 0 bridgehead atoms. The van der Waals surface area contributed by atoms with Crippen molar-refractivity contribution < 1.29 is 8.42 Å². The van der Waals surface area contributed by atoms with Gasteiger partial charge in [0, 0.05) is 17.6 Å². The van der Waals surface area contributed by atoms with Crippen molar-refractivity contribution in [3.05, 3.63) is 28.8 Å². The van der Waals surface area contributed by atoms with Crippen molar-refractivity contribution in [1.29, 1.82) is 0 Å². The summed E-state index contributed by atoms with van der Waals surface area (Å²) in [4.78, 5) is 0.303. The Bertz CT molecular complexity index is 529. The number of hydrogen-bond acceptors (Lipinski definition) is 3. The Morgan fingerprint density at radius 3 is 2.74 bits per heavy atom. The van der Waals surface area contributed by atoms with Crippen LogP contribution in [0.15, 0.2) is 23.1 Å². The van der Waals surface area contributed by atoms with Crippen LogP contribution in [0, 0.1) is 6.92 Å². The average Bonchev–Trinajstić information content (AvgIpc) is 2.29. The summed E-state index contributed by atoms with van der Waals surface area (Å²) in [6.45, 7) is 3.39. The van der Waals surface area contributed by atoms with Gasteiger partial charge < -0.3 is 5.32 Å². The molecule has 1 aliphatic rings. The van der Waals surface area contributed by atoms with Crippen LogP contribution in [0.5, 0.6) is 0 Å². The second kappa shape index (κ2) is 6.90. The third-order valence-electron chi connectivity index (χ3n) is 3.05. The molecule has 1 aromatic carbocycles. The third kappa shape index (κ3) is 4.33. The molecule has 0 saturated carbocycles. The molecule has 0 aliphatic carbocycles. The zero-order valence-corrected chi connectivity index (χ0v) is 13.0. The third-order valence-corrected chi connectivity index (χ3v) is 4.96. The Kier molecular flexibility index (Phi) is 6.08. The molecule has 1 heterocycles. The van der Waals surface area contributed by atoms with Crippen molar-refractivity contribution in [2.45, 2.75) is 30.7 Å². The van der Waals surface area contributed by atoms with Gasteiger partial charge in [0.25, 0.3) is 0 Å². The van der Waals surface area contributed by atoms with E-state index in [0.717, 1.165) is 19.4 Å². The lowest BCUT2D eigenvalue weighted by molar-refractivity contribution is 0.428. The zero-order chi connectivity index (χ0) is 13.2. The normalized spacial score (nSPS) is 19.8. The number of rotatable bonds is 3. The van der Waals surface area contributed by atoms with Gasteiger partial charge in [-0.1, -0.05) is 11.6 Å². The number of halogens is 2. The van der Waals surface area contributed by atoms with E-state index in [9.17, 15) is 8.42 Å². The largest absolute Gasteiger partial charge is 0.315 e. The zero-order valence-electron chi connectivity index (χ0n) is 10.6. The molecule has 19 heavy (non-hydrogen) atoms. The Morgan fingerprint density at radius 1 is 1.42 bits per heavy atom. The Morgan fingerprint density at radius 2 is 2.16 bits per heavy atom. The SMILES string of the molecule is Cc1cc(Cl)ccc1S(=O)(=O)N[C@H]1CCCNC1.Cl. The minimum Gasteiger partial charge on any atom is -0.315 e. The Balaban J connectivity index is 0.00000180. The van der Waals surface area contributed by atoms with Crippen LogP contribution in [0.3, 0.4) is 0 Å². The monoisotopic (exact) mass is 324 g/mol. The molecule has 0 radical (unpaired) electrons. The van der Waals surface area contributed by atoms with Crippen LogP contribution in [0.2, 0.25) is 5.02 Å². The molecule has 0 amide bonds. The smallest absolute Gasteiger partial charge is 0.241 e. The second-order valence-corrected chi connectivity index (χ2v) is 6.69. The van der Waals surface area contributed by atoms with Gasteiger partial charge in [0.1, 0.15) is 0 Å². The van der Waals surface area contributed by atoms with Crippen molar-refractivity contribution in [2.24, 2.45) is 0 Å². The first-order valence-electron chi connectivity index (χ1n) is 5.98. The van der Waals surface area contributed by atoms with E-state index >= 15 is 0 Å². The van der Waals surface area contributed by atoms with Crippen LogP contribution in [0.1, 0.15) is 18.4 Å². The molecular weight excluding hydrogens is 307 g/mol. The summed E-state index contributed by atoms with van der Waals surface area (Å²) in [5.41, 5.74) is 0.666. The Hall–Kier alpha value is -0.330. The number of benzene rings is 1. The minimum absolute atomic E-state index is 0. The predicted molar refractivity (Wildman–Crippen MR) is 79.7 cm³/mol. The summed E-state index contributed by atoms with van der Waals surface area (Å²) < 4.78 is 27.2. The number of hydrogen-bond donors (Lipinski definition) is 2. The van der Waals surface area contributed by atoms with Gasteiger partial charge >= 0.3 is 0 Å². The molecule has 2 N–H and O–H groups in total. The average molecular weight is 325 g/mol. The van der Waals surface area contributed by atoms with Gasteiger partial charge in [-0.2, -0.15) is 0 Å². The molecule has 1 atom stereocenters. The van der Waals surface area contributed by atoms with Crippen LogP contribution in [0.25, 0.3) is 0 Å². The standard InChI is InChI=1S/C12H17ClN2O2S.ClH/c1-9-7-10(13)4-5-12(9)18(16,17)15-11-3-2-6-14-8-11;/h4-5,7,11,14-15H,2-3,6,8H2,1H3;1H/t11-;/m0./s1. The lowest BCUT2D eigenvalue weighted by Gasteiger charge is -2.24. The fraction of sp³-hybridized carbons (Fsp3) is 0.500. The highest BCUT2D eigenvalue weighted by Crippen LogP contribution is 2.20. The van der Waals surface area contributed by atoms with Crippen molar-refractivity contribution in [1.82, 2.24) is 10.0 Å². The van der Waals surface area contributed by atoms with E-state index in [-0.39, 0.29) is 18.4 Å². The summed E-state index contributed by atoms with van der Waals surface area (Å²) in [5, 5.41) is 3.73. The fourth-order valence-corrected chi connectivity index (χ4v) is 3.87. The predicted octanol–water partition coefficient (Wildman–Crippen LogP) is 2.10. The maximum absolute atomic E-state index is 12.3. The van der Waals surface area contributed by atoms with Gasteiger partial charge in [-0.3, -0.25) is 0 Å². The van der Waals surface area contributed by atoms with Crippen LogP contribution in [-0.4, -0.2) is 27.5 Å². The molecule has 0 spiro atoms. The first-order chi connectivity index (χ1) is 8.49. The fourth-order valence-electron chi connectivity index (χ4n) is 2.15. The van der Waals surface area contributed by atoms with Gasteiger partial charge in [0.05, 0.1) is 4.90 Å². The van der Waals surface area contributed by atoms with Crippen molar-refractivity contribution in [3.63, 3.8) is 0 Å². The molecule has 2 rings (SSSR count). The topological polar surface area (TPSA) is 58.2 Å². The number of piperidine rings is 1. The van der Waals surface area contributed by atoms with E-state index in [1.807, 2.05) is 0 Å². The van der Waals surface area contributed by atoms with E-state index in [4.69, 9.17) is 11.6 Å². The summed E-state index contributed by atoms with van der Waals surface area (Å²) in [6, 6.07) is 4.78. The molecule has 108 valence electrons. The van der Waals surface area contributed by atoms with Gasteiger partial charge in [0.2, 0.25) is 10.0 Å². The second-order valence-electron chi connectivity index (χ2n) is 4.57. The Labute approximate surface area is 125 Å². The van der Waals surface area contributed by atoms with Gasteiger partial charge in [-0.05, 0) is 50.1 Å². The summed E-state index contributed by atoms with van der Waals surface area (Å²) in [6.07, 6.45) is 1.87. The highest BCUT2D eigenvalue weighted by molar-refractivity contribution is 7.89. The number of sulfonamides is 1. The van der Waals surface area contributed by atoms with Gasteiger partial charge in [-0.15, -0.1) is 12.4 Å².